The van der Waals surface area contributed by atoms with Crippen molar-refractivity contribution in [1.29, 1.82) is 0 Å². The number of methoxy groups -OCH3 is 1. The molecular weight excluding hydrogens is 479 g/mol. The van der Waals surface area contributed by atoms with Crippen LogP contribution in [0.5, 0.6) is 6.01 Å². The number of nitrogens with zero attached hydrogens (tertiary/aromatic N) is 4. The summed E-state index contributed by atoms with van der Waals surface area (Å²) in [6.45, 7) is 1.19. The van der Waals surface area contributed by atoms with Crippen molar-refractivity contribution in [3.05, 3.63) is 35.4 Å². The van der Waals surface area contributed by atoms with Crippen LogP contribution in [-0.2, 0) is 6.18 Å². The molecule has 0 amide bonds. The van der Waals surface area contributed by atoms with Gasteiger partial charge >= 0.3 is 12.2 Å². The number of hydrogen-bond acceptors (Lipinski definition) is 8. The molecule has 5 rings (SSSR count). The van der Waals surface area contributed by atoms with Crippen molar-refractivity contribution in [2.45, 2.75) is 12.2 Å². The van der Waals surface area contributed by atoms with Crippen LogP contribution in [0.15, 0.2) is 18.2 Å². The highest BCUT2D eigenvalue weighted by Crippen LogP contribution is 2.45. The molecule has 3 heterocycles. The molecule has 0 aliphatic carbocycles. The van der Waals surface area contributed by atoms with E-state index in [1.54, 1.807) is 11.9 Å². The second kappa shape index (κ2) is 7.87. The Bertz CT molecular complexity index is 1440. The summed E-state index contributed by atoms with van der Waals surface area (Å²) in [7, 11) is 2.94. The molecule has 0 radical (unpaired) electrons. The molecule has 4 aromatic rings. The summed E-state index contributed by atoms with van der Waals surface area (Å²) in [5.74, 6) is -1.86. The summed E-state index contributed by atoms with van der Waals surface area (Å²) in [6.07, 6.45) is -4.94. The molecule has 0 bridgehead atoms. The Kier molecular flexibility index (Phi) is 5.20. The van der Waals surface area contributed by atoms with E-state index in [0.717, 1.165) is 29.5 Å². The Labute approximate surface area is 193 Å². The summed E-state index contributed by atoms with van der Waals surface area (Å²) in [5.41, 5.74) is 2.86. The van der Waals surface area contributed by atoms with Crippen molar-refractivity contribution in [2.24, 2.45) is 0 Å². The maximum atomic E-state index is 16.0. The summed E-state index contributed by atoms with van der Waals surface area (Å²) in [6, 6.07) is 2.59. The average Bonchev–Trinajstić information content (AvgIpc) is 3.14. The Morgan fingerprint density at radius 1 is 1.15 bits per heavy atom. The fourth-order valence-corrected chi connectivity index (χ4v) is 4.72. The predicted molar refractivity (Wildman–Crippen MR) is 119 cm³/mol. The zero-order chi connectivity index (χ0) is 24.4. The average molecular weight is 496 g/mol. The number of halogens is 5. The standard InChI is InChI=1S/C21H17F5N6OS/c1-32(8-6-28-7-8)18-10-5-11(21(24,25)26)13(14(23)15(10)30-20(31-18)33-2)9-3-4-12(22)17-16(9)29-19(27)34-17/h3-5,8,28H,6-7H2,1-2H3,(H2,27,29). The van der Waals surface area contributed by atoms with Gasteiger partial charge in [-0.3, -0.25) is 0 Å². The van der Waals surface area contributed by atoms with Gasteiger partial charge in [0, 0.05) is 36.7 Å². The largest absolute Gasteiger partial charge is 0.467 e. The van der Waals surface area contributed by atoms with Gasteiger partial charge in [0.25, 0.3) is 0 Å². The van der Waals surface area contributed by atoms with E-state index in [9.17, 15) is 17.6 Å². The molecule has 0 atom stereocenters. The van der Waals surface area contributed by atoms with Gasteiger partial charge in [-0.2, -0.15) is 23.1 Å². The molecule has 13 heteroatoms. The van der Waals surface area contributed by atoms with Crippen LogP contribution in [0.3, 0.4) is 0 Å². The van der Waals surface area contributed by atoms with Crippen LogP contribution < -0.4 is 20.7 Å². The van der Waals surface area contributed by atoms with E-state index in [2.05, 4.69) is 20.3 Å². The highest BCUT2D eigenvalue weighted by atomic mass is 32.1. The van der Waals surface area contributed by atoms with Crippen molar-refractivity contribution in [3.8, 4) is 17.1 Å². The molecular formula is C21H17F5N6OS. The number of fused-ring (bicyclic) bond motifs is 2. The number of anilines is 2. The van der Waals surface area contributed by atoms with Gasteiger partial charge in [-0.25, -0.2) is 13.8 Å². The van der Waals surface area contributed by atoms with E-state index in [1.165, 1.54) is 7.11 Å². The van der Waals surface area contributed by atoms with Gasteiger partial charge in [-0.1, -0.05) is 11.3 Å². The first-order chi connectivity index (χ1) is 16.1. The lowest BCUT2D eigenvalue weighted by atomic mass is 9.95. The monoisotopic (exact) mass is 496 g/mol. The number of hydrogen-bond donors (Lipinski definition) is 2. The Morgan fingerprint density at radius 2 is 1.88 bits per heavy atom. The molecule has 0 spiro atoms. The van der Waals surface area contributed by atoms with Gasteiger partial charge in [0.1, 0.15) is 17.2 Å². The number of nitrogens with one attached hydrogen (secondary N) is 1. The number of alkyl halides is 3. The molecule has 3 N–H and O–H groups in total. The quantitative estimate of drug-likeness (QED) is 0.410. The van der Waals surface area contributed by atoms with Crippen molar-refractivity contribution >= 4 is 43.4 Å². The second-order valence-corrected chi connectivity index (χ2v) is 8.82. The molecule has 2 aromatic heterocycles. The third-order valence-electron chi connectivity index (χ3n) is 5.80. The van der Waals surface area contributed by atoms with E-state index in [0.29, 0.717) is 13.1 Å². The smallest absolute Gasteiger partial charge is 0.417 e. The first kappa shape index (κ1) is 22.5. The summed E-state index contributed by atoms with van der Waals surface area (Å²) >= 11 is 0.765. The highest BCUT2D eigenvalue weighted by molar-refractivity contribution is 7.22. The van der Waals surface area contributed by atoms with Gasteiger partial charge < -0.3 is 20.7 Å². The number of ether oxygens (including phenoxy) is 1. The van der Waals surface area contributed by atoms with Crippen molar-refractivity contribution in [1.82, 2.24) is 20.3 Å². The minimum atomic E-state index is -4.94. The van der Waals surface area contributed by atoms with Crippen LogP contribution in [0.4, 0.5) is 32.9 Å². The molecule has 34 heavy (non-hydrogen) atoms. The van der Waals surface area contributed by atoms with Gasteiger partial charge in [-0.05, 0) is 18.2 Å². The van der Waals surface area contributed by atoms with Gasteiger partial charge in [0.15, 0.2) is 10.9 Å². The second-order valence-electron chi connectivity index (χ2n) is 7.79. The third-order valence-corrected chi connectivity index (χ3v) is 6.69. The van der Waals surface area contributed by atoms with E-state index < -0.39 is 28.9 Å². The van der Waals surface area contributed by atoms with E-state index in [4.69, 9.17) is 10.5 Å². The van der Waals surface area contributed by atoms with Crippen LogP contribution in [0.1, 0.15) is 5.56 Å². The summed E-state index contributed by atoms with van der Waals surface area (Å²) in [5, 5.41) is 2.89. The maximum absolute atomic E-state index is 16.0. The Hall–Kier alpha value is -3.32. The molecule has 0 unspecified atom stereocenters. The first-order valence-corrected chi connectivity index (χ1v) is 10.9. The minimum absolute atomic E-state index is 0.0467. The molecule has 1 saturated heterocycles. The highest BCUT2D eigenvalue weighted by Gasteiger charge is 2.38. The van der Waals surface area contributed by atoms with Crippen LogP contribution in [0, 0.1) is 11.6 Å². The fraction of sp³-hybridized carbons (Fsp3) is 0.286. The summed E-state index contributed by atoms with van der Waals surface area (Å²) < 4.78 is 78.1. The number of likely N-dealkylation sites (N-methyl/N-ethyl adjacent to an activating group) is 1. The van der Waals surface area contributed by atoms with Crippen LogP contribution in [0.25, 0.3) is 32.2 Å². The van der Waals surface area contributed by atoms with Crippen LogP contribution >= 0.6 is 11.3 Å². The predicted octanol–water partition coefficient (Wildman–Crippen LogP) is 4.20. The van der Waals surface area contributed by atoms with E-state index in [-0.39, 0.29) is 49.7 Å². The topological polar surface area (TPSA) is 89.2 Å². The Balaban J connectivity index is 1.88. The fourth-order valence-electron chi connectivity index (χ4n) is 3.95. The number of nitrogen functional groups attached to an aromatic ring is 1. The molecule has 1 aliphatic rings. The third kappa shape index (κ3) is 3.46. The summed E-state index contributed by atoms with van der Waals surface area (Å²) in [4.78, 5) is 13.9. The van der Waals surface area contributed by atoms with Crippen LogP contribution in [-0.4, -0.2) is 48.2 Å². The zero-order valence-electron chi connectivity index (χ0n) is 17.8. The Morgan fingerprint density at radius 3 is 2.50 bits per heavy atom. The number of aromatic nitrogens is 3. The van der Waals surface area contributed by atoms with Gasteiger partial charge in [-0.15, -0.1) is 0 Å². The molecule has 2 aromatic carbocycles. The molecule has 1 fully saturated rings. The van der Waals surface area contributed by atoms with E-state index >= 15 is 4.39 Å². The number of rotatable bonds is 4. The number of thiazole rings is 1. The number of benzene rings is 2. The zero-order valence-corrected chi connectivity index (χ0v) is 18.6. The van der Waals surface area contributed by atoms with Gasteiger partial charge in [0.2, 0.25) is 0 Å². The lowest BCUT2D eigenvalue weighted by molar-refractivity contribution is -0.137. The lowest BCUT2D eigenvalue weighted by Crippen LogP contribution is -2.56. The first-order valence-electron chi connectivity index (χ1n) is 10.0. The number of nitrogens with two attached hydrogens (primary N) is 1. The molecule has 1 aliphatic heterocycles. The minimum Gasteiger partial charge on any atom is -0.467 e. The van der Waals surface area contributed by atoms with Crippen molar-refractivity contribution < 1.29 is 26.7 Å². The lowest BCUT2D eigenvalue weighted by Gasteiger charge is -2.37. The van der Waals surface area contributed by atoms with Crippen LogP contribution in [0.2, 0.25) is 0 Å². The molecule has 0 saturated carbocycles. The normalized spacial score (nSPS) is 14.6. The van der Waals surface area contributed by atoms with Crippen molar-refractivity contribution in [2.75, 3.05) is 37.9 Å². The maximum Gasteiger partial charge on any atom is 0.417 e. The van der Waals surface area contributed by atoms with Gasteiger partial charge in [0.05, 0.1) is 28.9 Å². The molecule has 178 valence electrons. The SMILES string of the molecule is COc1nc(N(C)C2CNC2)c2cc(C(F)(F)F)c(-c3ccc(F)c4sc(N)nc34)c(F)c2n1. The molecule has 7 nitrogen and oxygen atoms in total. The van der Waals surface area contributed by atoms with E-state index in [1.807, 2.05) is 0 Å². The van der Waals surface area contributed by atoms with Crippen molar-refractivity contribution in [3.63, 3.8) is 0 Å².